The van der Waals surface area contributed by atoms with Crippen LogP contribution in [0, 0.1) is 0 Å². The lowest BCUT2D eigenvalue weighted by Gasteiger charge is -2.18. The van der Waals surface area contributed by atoms with Gasteiger partial charge in [-0.15, -0.1) is 21.8 Å². The molecule has 2 heterocycles. The molecule has 1 aromatic rings. The first-order chi connectivity index (χ1) is 6.40. The second-order valence-corrected chi connectivity index (χ2v) is 3.29. The SMILES string of the molecule is ClCc1nnc(C2CCCCO2)o1. The molecule has 1 aromatic heterocycles. The molecule has 0 N–H and O–H groups in total. The van der Waals surface area contributed by atoms with Gasteiger partial charge in [0.05, 0.1) is 0 Å². The topological polar surface area (TPSA) is 48.2 Å². The van der Waals surface area contributed by atoms with E-state index in [1.807, 2.05) is 0 Å². The van der Waals surface area contributed by atoms with Gasteiger partial charge in [0, 0.05) is 6.61 Å². The molecular formula is C8H11ClN2O2. The minimum absolute atomic E-state index is 0.0155. The Labute approximate surface area is 81.2 Å². The zero-order valence-corrected chi connectivity index (χ0v) is 7.96. The van der Waals surface area contributed by atoms with Crippen molar-refractivity contribution in [2.75, 3.05) is 6.61 Å². The van der Waals surface area contributed by atoms with Gasteiger partial charge in [-0.05, 0) is 19.3 Å². The van der Waals surface area contributed by atoms with Crippen molar-refractivity contribution < 1.29 is 9.15 Å². The van der Waals surface area contributed by atoms with Crippen molar-refractivity contribution in [3.8, 4) is 0 Å². The van der Waals surface area contributed by atoms with E-state index in [1.165, 1.54) is 0 Å². The maximum absolute atomic E-state index is 5.54. The second kappa shape index (κ2) is 4.07. The van der Waals surface area contributed by atoms with Gasteiger partial charge < -0.3 is 9.15 Å². The molecule has 13 heavy (non-hydrogen) atoms. The van der Waals surface area contributed by atoms with Crippen LogP contribution in [0.4, 0.5) is 0 Å². The van der Waals surface area contributed by atoms with Crippen LogP contribution in [0.25, 0.3) is 0 Å². The van der Waals surface area contributed by atoms with Gasteiger partial charge in [-0.2, -0.15) is 0 Å². The minimum atomic E-state index is -0.0155. The quantitative estimate of drug-likeness (QED) is 0.689. The van der Waals surface area contributed by atoms with Gasteiger partial charge >= 0.3 is 0 Å². The van der Waals surface area contributed by atoms with E-state index in [0.717, 1.165) is 25.9 Å². The van der Waals surface area contributed by atoms with E-state index in [2.05, 4.69) is 10.2 Å². The van der Waals surface area contributed by atoms with Gasteiger partial charge in [0.2, 0.25) is 11.8 Å². The predicted molar refractivity (Wildman–Crippen MR) is 46.4 cm³/mol. The Morgan fingerprint density at radius 3 is 2.92 bits per heavy atom. The molecule has 5 heteroatoms. The highest BCUT2D eigenvalue weighted by Gasteiger charge is 2.21. The number of aromatic nitrogens is 2. The van der Waals surface area contributed by atoms with Crippen molar-refractivity contribution in [2.24, 2.45) is 0 Å². The summed E-state index contributed by atoms with van der Waals surface area (Å²) in [4.78, 5) is 0. The fourth-order valence-electron chi connectivity index (χ4n) is 1.39. The van der Waals surface area contributed by atoms with Crippen LogP contribution in [0.1, 0.15) is 37.1 Å². The van der Waals surface area contributed by atoms with Gasteiger partial charge in [0.25, 0.3) is 0 Å². The second-order valence-electron chi connectivity index (χ2n) is 3.02. The van der Waals surface area contributed by atoms with Gasteiger partial charge in [-0.1, -0.05) is 0 Å². The molecular weight excluding hydrogens is 192 g/mol. The van der Waals surface area contributed by atoms with Crippen molar-refractivity contribution in [3.63, 3.8) is 0 Å². The van der Waals surface area contributed by atoms with E-state index >= 15 is 0 Å². The molecule has 1 aliphatic rings. The number of nitrogens with zero attached hydrogens (tertiary/aromatic N) is 2. The molecule has 1 saturated heterocycles. The zero-order chi connectivity index (χ0) is 9.10. The highest BCUT2D eigenvalue weighted by atomic mass is 35.5. The smallest absolute Gasteiger partial charge is 0.245 e. The van der Waals surface area contributed by atoms with Crippen LogP contribution in [-0.2, 0) is 10.6 Å². The fourth-order valence-corrected chi connectivity index (χ4v) is 1.49. The van der Waals surface area contributed by atoms with Crippen LogP contribution in [-0.4, -0.2) is 16.8 Å². The van der Waals surface area contributed by atoms with E-state index in [-0.39, 0.29) is 12.0 Å². The van der Waals surface area contributed by atoms with Crippen LogP contribution in [0.2, 0.25) is 0 Å². The summed E-state index contributed by atoms with van der Waals surface area (Å²) in [6.45, 7) is 0.781. The Balaban J connectivity index is 2.05. The first-order valence-corrected chi connectivity index (χ1v) is 4.93. The molecule has 1 unspecified atom stereocenters. The molecule has 0 radical (unpaired) electrons. The Hall–Kier alpha value is -0.610. The van der Waals surface area contributed by atoms with Crippen LogP contribution >= 0.6 is 11.6 Å². The molecule has 1 aliphatic heterocycles. The lowest BCUT2D eigenvalue weighted by molar-refractivity contribution is -0.00199. The summed E-state index contributed by atoms with van der Waals surface area (Å²) in [6.07, 6.45) is 3.22. The third-order valence-electron chi connectivity index (χ3n) is 2.05. The number of ether oxygens (including phenoxy) is 1. The first kappa shape index (κ1) is 8.97. The number of halogens is 1. The molecule has 72 valence electrons. The summed E-state index contributed by atoms with van der Waals surface area (Å²) in [6, 6.07) is 0. The molecule has 0 aromatic carbocycles. The summed E-state index contributed by atoms with van der Waals surface area (Å²) >= 11 is 5.54. The molecule has 0 aliphatic carbocycles. The standard InChI is InChI=1S/C8H11ClN2O2/c9-5-7-10-11-8(13-7)6-3-1-2-4-12-6/h6H,1-5H2. The summed E-state index contributed by atoms with van der Waals surface area (Å²) in [7, 11) is 0. The van der Waals surface area contributed by atoms with Crippen molar-refractivity contribution >= 4 is 11.6 Å². The Bertz CT molecular complexity index is 271. The maximum Gasteiger partial charge on any atom is 0.245 e. The lowest BCUT2D eigenvalue weighted by atomic mass is 10.1. The fraction of sp³-hybridized carbons (Fsp3) is 0.750. The minimum Gasteiger partial charge on any atom is -0.421 e. The third-order valence-corrected chi connectivity index (χ3v) is 2.28. The molecule has 0 bridgehead atoms. The normalized spacial score (nSPS) is 23.3. The van der Waals surface area contributed by atoms with E-state index < -0.39 is 0 Å². The van der Waals surface area contributed by atoms with Crippen molar-refractivity contribution in [3.05, 3.63) is 11.8 Å². The Kier molecular flexibility index (Phi) is 2.80. The van der Waals surface area contributed by atoms with Gasteiger partial charge in [0.1, 0.15) is 12.0 Å². The number of rotatable bonds is 2. The molecule has 0 amide bonds. The van der Waals surface area contributed by atoms with E-state index in [9.17, 15) is 0 Å². The van der Waals surface area contributed by atoms with Crippen LogP contribution in [0.5, 0.6) is 0 Å². The molecule has 0 spiro atoms. The van der Waals surface area contributed by atoms with Crippen molar-refractivity contribution in [1.82, 2.24) is 10.2 Å². The molecule has 1 fully saturated rings. The number of alkyl halides is 1. The highest BCUT2D eigenvalue weighted by molar-refractivity contribution is 6.16. The summed E-state index contributed by atoms with van der Waals surface area (Å²) in [5.74, 6) is 1.29. The van der Waals surface area contributed by atoms with Gasteiger partial charge in [-0.3, -0.25) is 0 Å². The zero-order valence-electron chi connectivity index (χ0n) is 7.20. The summed E-state index contributed by atoms with van der Waals surface area (Å²) in [5.41, 5.74) is 0. The monoisotopic (exact) mass is 202 g/mol. The van der Waals surface area contributed by atoms with Crippen molar-refractivity contribution in [1.29, 1.82) is 0 Å². The summed E-state index contributed by atoms with van der Waals surface area (Å²) < 4.78 is 10.8. The number of hydrogen-bond donors (Lipinski definition) is 0. The molecule has 1 atom stereocenters. The lowest BCUT2D eigenvalue weighted by Crippen LogP contribution is -2.11. The van der Waals surface area contributed by atoms with Gasteiger partial charge in [-0.25, -0.2) is 0 Å². The van der Waals surface area contributed by atoms with Crippen LogP contribution in [0.15, 0.2) is 4.42 Å². The van der Waals surface area contributed by atoms with E-state index in [0.29, 0.717) is 11.8 Å². The van der Waals surface area contributed by atoms with E-state index in [4.69, 9.17) is 20.8 Å². The Morgan fingerprint density at radius 1 is 1.38 bits per heavy atom. The maximum atomic E-state index is 5.54. The average molecular weight is 203 g/mol. The van der Waals surface area contributed by atoms with Crippen LogP contribution in [0.3, 0.4) is 0 Å². The summed E-state index contributed by atoms with van der Waals surface area (Å²) in [5, 5.41) is 7.67. The average Bonchev–Trinajstić information content (AvgIpc) is 2.67. The third kappa shape index (κ3) is 2.00. The largest absolute Gasteiger partial charge is 0.421 e. The van der Waals surface area contributed by atoms with E-state index in [1.54, 1.807) is 0 Å². The Morgan fingerprint density at radius 2 is 2.31 bits per heavy atom. The molecule has 2 rings (SSSR count). The highest BCUT2D eigenvalue weighted by Crippen LogP contribution is 2.26. The molecule has 4 nitrogen and oxygen atoms in total. The first-order valence-electron chi connectivity index (χ1n) is 4.40. The number of hydrogen-bond acceptors (Lipinski definition) is 4. The van der Waals surface area contributed by atoms with Crippen molar-refractivity contribution in [2.45, 2.75) is 31.2 Å². The predicted octanol–water partition coefficient (Wildman–Crippen LogP) is 2.05. The van der Waals surface area contributed by atoms with Gasteiger partial charge in [0.15, 0.2) is 0 Å². The van der Waals surface area contributed by atoms with Crippen LogP contribution < -0.4 is 0 Å². The molecule has 0 saturated carbocycles.